The summed E-state index contributed by atoms with van der Waals surface area (Å²) in [6, 6.07) is 15.3. The molecule has 2 aromatic rings. The summed E-state index contributed by atoms with van der Waals surface area (Å²) in [6.07, 6.45) is 3.29. The van der Waals surface area contributed by atoms with Crippen LogP contribution in [-0.2, 0) is 21.2 Å². The fraction of sp³-hybridized carbons (Fsp3) is 0.435. The van der Waals surface area contributed by atoms with Crippen molar-refractivity contribution in [2.45, 2.75) is 37.0 Å². The molecule has 2 saturated heterocycles. The number of amides is 1. The van der Waals surface area contributed by atoms with Crippen molar-refractivity contribution < 1.29 is 13.2 Å². The molecule has 31 heavy (non-hydrogen) atoms. The van der Waals surface area contributed by atoms with E-state index < -0.39 is 21.3 Å². The highest BCUT2D eigenvalue weighted by molar-refractivity contribution is 7.93. The maximum absolute atomic E-state index is 13.2. The summed E-state index contributed by atoms with van der Waals surface area (Å²) >= 11 is 0. The quantitative estimate of drug-likeness (QED) is 0.747. The monoisotopic (exact) mass is 440 g/mol. The van der Waals surface area contributed by atoms with Gasteiger partial charge < -0.3 is 15.1 Å². The zero-order valence-electron chi connectivity index (χ0n) is 17.5. The number of hydrogen-bond acceptors (Lipinski definition) is 5. The molecule has 164 valence electrons. The highest BCUT2D eigenvalue weighted by atomic mass is 32.2. The third kappa shape index (κ3) is 3.90. The van der Waals surface area contributed by atoms with Gasteiger partial charge in [0.2, 0.25) is 15.9 Å². The molecular weight excluding hydrogens is 412 g/mol. The number of anilines is 3. The minimum Gasteiger partial charge on any atom is -0.341 e. The molecule has 2 atom stereocenters. The van der Waals surface area contributed by atoms with Gasteiger partial charge in [0, 0.05) is 31.9 Å². The van der Waals surface area contributed by atoms with Gasteiger partial charge in [-0.1, -0.05) is 30.3 Å². The summed E-state index contributed by atoms with van der Waals surface area (Å²) in [5.74, 6) is 0.0317. The molecule has 3 aliphatic rings. The van der Waals surface area contributed by atoms with E-state index in [0.29, 0.717) is 12.1 Å². The predicted octanol–water partition coefficient (Wildman–Crippen LogP) is 2.48. The molecule has 3 aliphatic heterocycles. The molecule has 2 unspecified atom stereocenters. The van der Waals surface area contributed by atoms with Crippen LogP contribution in [0.2, 0.25) is 0 Å². The number of rotatable bonds is 5. The topological polar surface area (TPSA) is 81.8 Å². The van der Waals surface area contributed by atoms with Crippen molar-refractivity contribution in [3.05, 3.63) is 54.1 Å². The molecular formula is C23H28N4O3S. The molecule has 2 fully saturated rings. The number of hydrogen-bond donors (Lipinski definition) is 2. The number of benzene rings is 2. The number of likely N-dealkylation sites (tertiary alicyclic amines) is 1. The fourth-order valence-electron chi connectivity index (χ4n) is 4.91. The molecule has 0 spiro atoms. The Morgan fingerprint density at radius 3 is 2.48 bits per heavy atom. The Labute approximate surface area is 183 Å². The maximum atomic E-state index is 13.2. The fourth-order valence-corrected chi connectivity index (χ4v) is 6.31. The zero-order chi connectivity index (χ0) is 21.4. The minimum absolute atomic E-state index is 0.0317. The summed E-state index contributed by atoms with van der Waals surface area (Å²) in [7, 11) is -3.64. The molecule has 1 amide bonds. The van der Waals surface area contributed by atoms with Gasteiger partial charge in [0.05, 0.1) is 22.7 Å². The third-order valence-corrected chi connectivity index (χ3v) is 8.32. The highest BCUT2D eigenvalue weighted by Crippen LogP contribution is 2.38. The first-order valence-corrected chi connectivity index (χ1v) is 12.6. The van der Waals surface area contributed by atoms with E-state index in [-0.39, 0.29) is 12.5 Å². The van der Waals surface area contributed by atoms with Crippen molar-refractivity contribution in [1.29, 1.82) is 0 Å². The molecule has 0 radical (unpaired) electrons. The molecule has 8 heteroatoms. The standard InChI is InChI=1S/C23H28N4O3S/c28-23(26-12-5-6-13-26)20-15-18(16-24-20)31(29,30)25-19-8-2-4-10-22(19)27-14-11-17-7-1-3-9-21(17)27/h1-4,7-10,18,20,24-25H,5-6,11-16H2. The Hall–Kier alpha value is -2.58. The number of fused-ring (bicyclic) bond motifs is 1. The summed E-state index contributed by atoms with van der Waals surface area (Å²) in [6.45, 7) is 2.65. The van der Waals surface area contributed by atoms with E-state index in [4.69, 9.17) is 0 Å². The van der Waals surface area contributed by atoms with E-state index in [1.807, 2.05) is 41.3 Å². The highest BCUT2D eigenvalue weighted by Gasteiger charge is 2.39. The molecule has 7 nitrogen and oxygen atoms in total. The summed E-state index contributed by atoms with van der Waals surface area (Å²) < 4.78 is 29.3. The molecule has 5 rings (SSSR count). The molecule has 2 N–H and O–H groups in total. The lowest BCUT2D eigenvalue weighted by molar-refractivity contribution is -0.131. The van der Waals surface area contributed by atoms with E-state index in [1.54, 1.807) is 0 Å². The first kappa shape index (κ1) is 20.3. The average molecular weight is 441 g/mol. The molecule has 3 heterocycles. The number of sulfonamides is 1. The molecule has 0 bridgehead atoms. The smallest absolute Gasteiger partial charge is 0.239 e. The van der Waals surface area contributed by atoms with Gasteiger partial charge in [-0.05, 0) is 49.4 Å². The zero-order valence-corrected chi connectivity index (χ0v) is 18.3. The first-order chi connectivity index (χ1) is 15.0. The van der Waals surface area contributed by atoms with Crippen LogP contribution in [0.25, 0.3) is 0 Å². The first-order valence-electron chi connectivity index (χ1n) is 11.0. The van der Waals surface area contributed by atoms with Crippen LogP contribution >= 0.6 is 0 Å². The van der Waals surface area contributed by atoms with Crippen molar-refractivity contribution in [1.82, 2.24) is 10.2 Å². The SMILES string of the molecule is O=C(C1CC(S(=O)(=O)Nc2ccccc2N2CCc3ccccc32)CN1)N1CCCC1. The Bertz CT molecular complexity index is 1080. The van der Waals surface area contributed by atoms with Gasteiger partial charge in [0.25, 0.3) is 0 Å². The normalized spacial score (nSPS) is 23.2. The second-order valence-corrected chi connectivity index (χ2v) is 10.5. The van der Waals surface area contributed by atoms with Gasteiger partial charge in [-0.15, -0.1) is 0 Å². The Kier molecular flexibility index (Phi) is 5.35. The summed E-state index contributed by atoms with van der Waals surface area (Å²) in [5.41, 5.74) is 3.82. The van der Waals surface area contributed by atoms with Gasteiger partial charge >= 0.3 is 0 Å². The number of carbonyl (C=O) groups is 1. The van der Waals surface area contributed by atoms with Crippen molar-refractivity contribution in [2.24, 2.45) is 0 Å². The Balaban J connectivity index is 1.33. The summed E-state index contributed by atoms with van der Waals surface area (Å²) in [5, 5.41) is 2.50. The van der Waals surface area contributed by atoms with Gasteiger partial charge in [-0.2, -0.15) is 0 Å². The molecule has 2 aromatic carbocycles. The molecule has 0 saturated carbocycles. The predicted molar refractivity (Wildman–Crippen MR) is 122 cm³/mol. The van der Waals surface area contributed by atoms with E-state index in [0.717, 1.165) is 50.3 Å². The second kappa shape index (κ2) is 8.16. The van der Waals surface area contributed by atoms with E-state index in [2.05, 4.69) is 27.1 Å². The van der Waals surface area contributed by atoms with Crippen LogP contribution in [0.3, 0.4) is 0 Å². The largest absolute Gasteiger partial charge is 0.341 e. The third-order valence-electron chi connectivity index (χ3n) is 6.58. The lowest BCUT2D eigenvalue weighted by atomic mass is 10.2. The van der Waals surface area contributed by atoms with Crippen molar-refractivity contribution in [3.8, 4) is 0 Å². The van der Waals surface area contributed by atoms with Gasteiger partial charge in [-0.3, -0.25) is 9.52 Å². The minimum atomic E-state index is -3.64. The number of nitrogens with one attached hydrogen (secondary N) is 2. The van der Waals surface area contributed by atoms with E-state index >= 15 is 0 Å². The van der Waals surface area contributed by atoms with Gasteiger partial charge in [-0.25, -0.2) is 8.42 Å². The number of para-hydroxylation sites is 3. The van der Waals surface area contributed by atoms with Crippen LogP contribution in [0, 0.1) is 0 Å². The number of carbonyl (C=O) groups excluding carboxylic acids is 1. The average Bonchev–Trinajstić information content (AvgIpc) is 3.54. The van der Waals surface area contributed by atoms with Gasteiger partial charge in [0.15, 0.2) is 0 Å². The Morgan fingerprint density at radius 1 is 0.968 bits per heavy atom. The van der Waals surface area contributed by atoms with Crippen LogP contribution in [0.5, 0.6) is 0 Å². The van der Waals surface area contributed by atoms with Gasteiger partial charge in [0.1, 0.15) is 0 Å². The van der Waals surface area contributed by atoms with Crippen molar-refractivity contribution in [2.75, 3.05) is 35.8 Å². The summed E-state index contributed by atoms with van der Waals surface area (Å²) in [4.78, 5) is 16.7. The maximum Gasteiger partial charge on any atom is 0.239 e. The van der Waals surface area contributed by atoms with Crippen LogP contribution in [0.15, 0.2) is 48.5 Å². The van der Waals surface area contributed by atoms with Crippen LogP contribution in [0.1, 0.15) is 24.8 Å². The molecule has 0 aliphatic carbocycles. The van der Waals surface area contributed by atoms with E-state index in [1.165, 1.54) is 5.56 Å². The van der Waals surface area contributed by atoms with Crippen LogP contribution < -0.4 is 14.9 Å². The van der Waals surface area contributed by atoms with Crippen LogP contribution in [0.4, 0.5) is 17.1 Å². The van der Waals surface area contributed by atoms with Crippen LogP contribution in [-0.4, -0.2) is 56.7 Å². The van der Waals surface area contributed by atoms with E-state index in [9.17, 15) is 13.2 Å². The van der Waals surface area contributed by atoms with Crippen molar-refractivity contribution >= 4 is 33.0 Å². The number of nitrogens with zero attached hydrogens (tertiary/aromatic N) is 2. The van der Waals surface area contributed by atoms with Crippen molar-refractivity contribution in [3.63, 3.8) is 0 Å². The second-order valence-electron chi connectivity index (χ2n) is 8.55. The lowest BCUT2D eigenvalue weighted by Gasteiger charge is -2.24. The molecule has 0 aromatic heterocycles. The Morgan fingerprint density at radius 2 is 1.68 bits per heavy atom. The lowest BCUT2D eigenvalue weighted by Crippen LogP contribution is -2.42.